The fraction of sp³-hybridized carbons (Fsp3) is 0.133. The number of hydrogen-bond donors (Lipinski definition) is 1. The minimum absolute atomic E-state index is 0.759. The molecule has 0 atom stereocenters. The quantitative estimate of drug-likeness (QED) is 0.564. The minimum Gasteiger partial charge on any atom is -0.380 e. The van der Waals surface area contributed by atoms with Crippen molar-refractivity contribution in [3.05, 3.63) is 54.4 Å². The highest BCUT2D eigenvalue weighted by Gasteiger charge is 2.06. The Morgan fingerprint density at radius 3 is 2.86 bits per heavy atom. The van der Waals surface area contributed by atoms with Crippen LogP contribution < -0.4 is 5.32 Å². The molecule has 0 aliphatic heterocycles. The van der Waals surface area contributed by atoms with E-state index < -0.39 is 0 Å². The number of nitrogens with zero attached hydrogens (tertiary/aromatic N) is 1. The lowest BCUT2D eigenvalue weighted by Crippen LogP contribution is -1.97. The van der Waals surface area contributed by atoms with E-state index in [1.165, 1.54) is 4.88 Å². The third kappa shape index (κ3) is 3.66. The van der Waals surface area contributed by atoms with E-state index in [9.17, 15) is 0 Å². The van der Waals surface area contributed by atoms with Crippen LogP contribution in [0.2, 0.25) is 4.34 Å². The van der Waals surface area contributed by atoms with Gasteiger partial charge in [0.25, 0.3) is 0 Å². The maximum absolute atomic E-state index is 6.06. The average Bonchev–Trinajstić information content (AvgIpc) is 3.04. The summed E-state index contributed by atoms with van der Waals surface area (Å²) in [5.74, 6) is 0. The molecule has 3 rings (SSSR count). The molecule has 3 aromatic rings. The number of halogens is 2. The topological polar surface area (TPSA) is 24.9 Å². The summed E-state index contributed by atoms with van der Waals surface area (Å²) in [6.07, 6.45) is 0. The molecular weight excluding hydrogens is 388 g/mol. The second-order valence-corrected chi connectivity index (χ2v) is 8.18. The molecule has 0 unspecified atom stereocenters. The van der Waals surface area contributed by atoms with Gasteiger partial charge in [0.2, 0.25) is 0 Å². The highest BCUT2D eigenvalue weighted by atomic mass is 79.9. The van der Waals surface area contributed by atoms with Gasteiger partial charge >= 0.3 is 0 Å². The van der Waals surface area contributed by atoms with Gasteiger partial charge in [-0.15, -0.1) is 22.7 Å². The molecule has 2 heterocycles. The van der Waals surface area contributed by atoms with Crippen LogP contribution in [-0.2, 0) is 6.54 Å². The fourth-order valence-electron chi connectivity index (χ4n) is 1.95. The van der Waals surface area contributed by atoms with E-state index in [0.717, 1.165) is 37.3 Å². The van der Waals surface area contributed by atoms with Crippen molar-refractivity contribution in [2.24, 2.45) is 0 Å². The maximum atomic E-state index is 6.06. The number of anilines is 1. The van der Waals surface area contributed by atoms with E-state index in [1.54, 1.807) is 22.7 Å². The second kappa shape index (κ2) is 6.48. The van der Waals surface area contributed by atoms with E-state index in [4.69, 9.17) is 11.6 Å². The first-order valence-corrected chi connectivity index (χ1v) is 9.18. The molecule has 0 aliphatic rings. The Kier molecular flexibility index (Phi) is 4.64. The van der Waals surface area contributed by atoms with Gasteiger partial charge in [0.15, 0.2) is 0 Å². The van der Waals surface area contributed by atoms with Gasteiger partial charge in [-0.05, 0) is 41.1 Å². The van der Waals surface area contributed by atoms with Crippen LogP contribution in [0.3, 0.4) is 0 Å². The summed E-state index contributed by atoms with van der Waals surface area (Å²) in [4.78, 5) is 5.72. The molecule has 0 amide bonds. The zero-order valence-electron chi connectivity index (χ0n) is 11.2. The van der Waals surface area contributed by atoms with E-state index >= 15 is 0 Å². The van der Waals surface area contributed by atoms with Crippen LogP contribution in [0.4, 0.5) is 5.69 Å². The first-order valence-electron chi connectivity index (χ1n) is 6.32. The van der Waals surface area contributed by atoms with Crippen LogP contribution in [-0.4, -0.2) is 4.98 Å². The molecule has 2 aromatic heterocycles. The zero-order valence-corrected chi connectivity index (χ0v) is 15.2. The summed E-state index contributed by atoms with van der Waals surface area (Å²) in [6.45, 7) is 2.78. The van der Waals surface area contributed by atoms with Crippen molar-refractivity contribution in [1.29, 1.82) is 0 Å². The van der Waals surface area contributed by atoms with E-state index in [0.29, 0.717) is 0 Å². The fourth-order valence-corrected chi connectivity index (χ4v) is 4.30. The predicted octanol–water partition coefficient (Wildman–Crippen LogP) is 6.21. The monoisotopic (exact) mass is 398 g/mol. The minimum atomic E-state index is 0.759. The standard InChI is InChI=1S/C15H12BrClN2S2/c1-9-19-14(8-20-9)10-3-2-4-11(5-10)18-7-12-6-13(16)15(17)21-12/h2-6,8,18H,7H2,1H3. The van der Waals surface area contributed by atoms with Crippen LogP contribution in [0.25, 0.3) is 11.3 Å². The van der Waals surface area contributed by atoms with Crippen molar-refractivity contribution in [2.75, 3.05) is 5.32 Å². The Hall–Kier alpha value is -0.880. The molecule has 0 fully saturated rings. The number of rotatable bonds is 4. The Labute approximate surface area is 144 Å². The van der Waals surface area contributed by atoms with Crippen molar-refractivity contribution in [2.45, 2.75) is 13.5 Å². The molecule has 0 radical (unpaired) electrons. The van der Waals surface area contributed by atoms with Gasteiger partial charge < -0.3 is 5.32 Å². The van der Waals surface area contributed by atoms with Gasteiger partial charge in [-0.1, -0.05) is 23.7 Å². The molecule has 0 aliphatic carbocycles. The van der Waals surface area contributed by atoms with E-state index in [-0.39, 0.29) is 0 Å². The smallest absolute Gasteiger partial charge is 0.107 e. The molecule has 6 heteroatoms. The third-order valence-corrected chi connectivity index (χ3v) is 6.19. The van der Waals surface area contributed by atoms with Crippen LogP contribution in [0, 0.1) is 6.92 Å². The van der Waals surface area contributed by atoms with E-state index in [2.05, 4.69) is 49.8 Å². The Morgan fingerprint density at radius 1 is 1.33 bits per heavy atom. The summed E-state index contributed by atoms with van der Waals surface area (Å²) in [6, 6.07) is 10.4. The van der Waals surface area contributed by atoms with E-state index in [1.807, 2.05) is 19.1 Å². The number of nitrogens with one attached hydrogen (secondary N) is 1. The summed E-state index contributed by atoms with van der Waals surface area (Å²) in [5.41, 5.74) is 3.25. The number of thiazole rings is 1. The van der Waals surface area contributed by atoms with Gasteiger partial charge in [-0.3, -0.25) is 0 Å². The Morgan fingerprint density at radius 2 is 2.19 bits per heavy atom. The first-order chi connectivity index (χ1) is 10.1. The lowest BCUT2D eigenvalue weighted by Gasteiger charge is -2.06. The normalized spacial score (nSPS) is 10.8. The molecule has 2 nitrogen and oxygen atoms in total. The second-order valence-electron chi connectivity index (χ2n) is 4.52. The summed E-state index contributed by atoms with van der Waals surface area (Å²) in [7, 11) is 0. The van der Waals surface area contributed by atoms with Gasteiger partial charge in [-0.2, -0.15) is 0 Å². The SMILES string of the molecule is Cc1nc(-c2cccc(NCc3cc(Br)c(Cl)s3)c2)cs1. The Bertz CT molecular complexity index is 747. The number of aromatic nitrogens is 1. The van der Waals surface area contributed by atoms with Crippen molar-refractivity contribution >= 4 is 55.9 Å². The van der Waals surface area contributed by atoms with Gasteiger partial charge in [0.1, 0.15) is 4.34 Å². The Balaban J connectivity index is 1.74. The zero-order chi connectivity index (χ0) is 14.8. The maximum Gasteiger partial charge on any atom is 0.107 e. The highest BCUT2D eigenvalue weighted by Crippen LogP contribution is 2.32. The van der Waals surface area contributed by atoms with Gasteiger partial charge in [0.05, 0.1) is 10.7 Å². The molecule has 108 valence electrons. The summed E-state index contributed by atoms with van der Waals surface area (Å²) < 4.78 is 1.75. The average molecular weight is 400 g/mol. The summed E-state index contributed by atoms with van der Waals surface area (Å²) in [5, 5.41) is 6.60. The lowest BCUT2D eigenvalue weighted by molar-refractivity contribution is 1.19. The number of aryl methyl sites for hydroxylation is 1. The summed E-state index contributed by atoms with van der Waals surface area (Å²) >= 11 is 12.7. The number of benzene rings is 1. The number of thiophene rings is 1. The van der Waals surface area contributed by atoms with Crippen molar-refractivity contribution in [1.82, 2.24) is 4.98 Å². The van der Waals surface area contributed by atoms with Crippen molar-refractivity contribution in [3.8, 4) is 11.3 Å². The predicted molar refractivity (Wildman–Crippen MR) is 96.6 cm³/mol. The van der Waals surface area contributed by atoms with Crippen LogP contribution in [0.15, 0.2) is 40.2 Å². The number of hydrogen-bond acceptors (Lipinski definition) is 4. The molecule has 0 saturated carbocycles. The van der Waals surface area contributed by atoms with Crippen LogP contribution in [0.5, 0.6) is 0 Å². The van der Waals surface area contributed by atoms with Crippen molar-refractivity contribution < 1.29 is 0 Å². The first kappa shape index (κ1) is 15.0. The van der Waals surface area contributed by atoms with Crippen molar-refractivity contribution in [3.63, 3.8) is 0 Å². The van der Waals surface area contributed by atoms with Crippen LogP contribution >= 0.6 is 50.2 Å². The molecule has 1 N–H and O–H groups in total. The third-order valence-electron chi connectivity index (χ3n) is 2.94. The van der Waals surface area contributed by atoms with Crippen LogP contribution in [0.1, 0.15) is 9.88 Å². The molecule has 1 aromatic carbocycles. The van der Waals surface area contributed by atoms with Gasteiger partial charge in [0, 0.05) is 32.5 Å². The van der Waals surface area contributed by atoms with Gasteiger partial charge in [-0.25, -0.2) is 4.98 Å². The highest BCUT2D eigenvalue weighted by molar-refractivity contribution is 9.10. The molecule has 0 saturated heterocycles. The molecule has 0 bridgehead atoms. The molecule has 21 heavy (non-hydrogen) atoms. The molecule has 0 spiro atoms. The largest absolute Gasteiger partial charge is 0.380 e. The lowest BCUT2D eigenvalue weighted by atomic mass is 10.1. The molecular formula is C15H12BrClN2S2.